The second kappa shape index (κ2) is 8.57. The van der Waals surface area contributed by atoms with E-state index in [1.54, 1.807) is 20.8 Å². The summed E-state index contributed by atoms with van der Waals surface area (Å²) in [6, 6.07) is 0. The Morgan fingerprint density at radius 1 is 0.885 bits per heavy atom. The van der Waals surface area contributed by atoms with E-state index in [9.17, 15) is 22.8 Å². The van der Waals surface area contributed by atoms with Crippen LogP contribution in [0.2, 0.25) is 0 Å². The molecule has 0 aliphatic heterocycles. The van der Waals surface area contributed by atoms with Gasteiger partial charge in [0.05, 0.1) is 5.41 Å². The van der Waals surface area contributed by atoms with Crippen LogP contribution in [-0.2, 0) is 19.1 Å². The summed E-state index contributed by atoms with van der Waals surface area (Å²) in [5.41, 5.74) is -4.99. The fourth-order valence-electron chi connectivity index (χ4n) is 2.21. The molecule has 0 rings (SSSR count). The maximum absolute atomic E-state index is 15.2. The lowest BCUT2D eigenvalue weighted by Crippen LogP contribution is -2.46. The van der Waals surface area contributed by atoms with E-state index in [0.717, 1.165) is 0 Å². The van der Waals surface area contributed by atoms with Gasteiger partial charge in [0.2, 0.25) is 5.67 Å². The zero-order valence-electron chi connectivity index (χ0n) is 16.6. The number of hydrogen-bond acceptors (Lipinski definition) is 4. The van der Waals surface area contributed by atoms with Crippen LogP contribution in [0.15, 0.2) is 0 Å². The van der Waals surface area contributed by atoms with Gasteiger partial charge >= 0.3 is 18.1 Å². The Hall–Kier alpha value is -1.34. The first kappa shape index (κ1) is 24.7. The fraction of sp³-hybridized carbons (Fsp3) is 0.889. The molecule has 0 aliphatic carbocycles. The Kier molecular flexibility index (Phi) is 8.12. The van der Waals surface area contributed by atoms with Crippen molar-refractivity contribution >= 4 is 11.9 Å². The molecular weight excluding hydrogens is 356 g/mol. The van der Waals surface area contributed by atoms with Crippen LogP contribution in [0.3, 0.4) is 0 Å². The minimum atomic E-state index is -4.72. The normalized spacial score (nSPS) is 16.6. The number of rotatable bonds is 9. The lowest BCUT2D eigenvalue weighted by molar-refractivity contribution is -0.222. The third-order valence-electron chi connectivity index (χ3n) is 4.78. The van der Waals surface area contributed by atoms with Crippen LogP contribution in [0.4, 0.5) is 17.6 Å². The Labute approximate surface area is 152 Å². The molecule has 8 heteroatoms. The molecule has 0 aromatic heterocycles. The third-order valence-corrected chi connectivity index (χ3v) is 4.78. The van der Waals surface area contributed by atoms with Crippen LogP contribution < -0.4 is 0 Å². The minimum absolute atomic E-state index is 0.277. The first-order valence-corrected chi connectivity index (χ1v) is 8.77. The number of halogens is 4. The number of alkyl halides is 4. The first-order valence-electron chi connectivity index (χ1n) is 8.77. The molecule has 0 fully saturated rings. The van der Waals surface area contributed by atoms with E-state index < -0.39 is 47.3 Å². The van der Waals surface area contributed by atoms with Crippen molar-refractivity contribution < 1.29 is 36.6 Å². The van der Waals surface area contributed by atoms with Crippen LogP contribution in [0.25, 0.3) is 0 Å². The van der Waals surface area contributed by atoms with E-state index in [0.29, 0.717) is 19.8 Å². The number of ether oxygens (including phenoxy) is 2. The quantitative estimate of drug-likeness (QED) is 0.407. The molecule has 4 nitrogen and oxygen atoms in total. The Bertz CT molecular complexity index is 498. The molecule has 0 aromatic rings. The maximum atomic E-state index is 15.2. The van der Waals surface area contributed by atoms with Gasteiger partial charge < -0.3 is 9.47 Å². The van der Waals surface area contributed by atoms with Crippen LogP contribution in [0, 0.1) is 5.41 Å². The Morgan fingerprint density at radius 3 is 1.69 bits per heavy atom. The van der Waals surface area contributed by atoms with Crippen molar-refractivity contribution in [3.05, 3.63) is 0 Å². The van der Waals surface area contributed by atoms with Crippen molar-refractivity contribution in [2.45, 2.75) is 97.7 Å². The summed E-state index contributed by atoms with van der Waals surface area (Å²) in [5.74, 6) is -2.34. The molecule has 154 valence electrons. The van der Waals surface area contributed by atoms with Gasteiger partial charge in [0.25, 0.3) is 0 Å². The molecule has 0 aliphatic rings. The Morgan fingerprint density at radius 2 is 1.35 bits per heavy atom. The molecule has 2 unspecified atom stereocenters. The smallest absolute Gasteiger partial charge is 0.425 e. The van der Waals surface area contributed by atoms with E-state index in [2.05, 4.69) is 4.74 Å². The van der Waals surface area contributed by atoms with Gasteiger partial charge in [0, 0.05) is 6.42 Å². The highest BCUT2D eigenvalue weighted by Gasteiger charge is 2.49. The van der Waals surface area contributed by atoms with Crippen molar-refractivity contribution in [3.8, 4) is 0 Å². The van der Waals surface area contributed by atoms with E-state index in [-0.39, 0.29) is 6.42 Å². The van der Waals surface area contributed by atoms with Gasteiger partial charge in [-0.1, -0.05) is 20.8 Å². The first-order chi connectivity index (χ1) is 11.6. The molecular formula is C18H30F4O4. The maximum Gasteiger partial charge on any atom is 0.425 e. The molecule has 0 radical (unpaired) electrons. The predicted molar refractivity (Wildman–Crippen MR) is 89.2 cm³/mol. The molecule has 0 saturated heterocycles. The topological polar surface area (TPSA) is 52.6 Å². The summed E-state index contributed by atoms with van der Waals surface area (Å²) < 4.78 is 62.7. The Balaban J connectivity index is 5.32. The number of carbonyl (C=O) groups excluding carboxylic acids is 2. The lowest BCUT2D eigenvalue weighted by Gasteiger charge is -2.35. The van der Waals surface area contributed by atoms with Gasteiger partial charge in [-0.2, -0.15) is 13.2 Å². The van der Waals surface area contributed by atoms with Crippen LogP contribution in [0.5, 0.6) is 0 Å². The molecule has 0 N–H and O–H groups in total. The summed E-state index contributed by atoms with van der Waals surface area (Å²) in [5, 5.41) is 0. The highest BCUT2D eigenvalue weighted by Crippen LogP contribution is 2.38. The molecule has 0 saturated carbocycles. The summed E-state index contributed by atoms with van der Waals surface area (Å²) in [7, 11) is 0. The van der Waals surface area contributed by atoms with Crippen molar-refractivity contribution in [1.29, 1.82) is 0 Å². The number of esters is 2. The molecule has 0 bridgehead atoms. The van der Waals surface area contributed by atoms with Crippen molar-refractivity contribution in [3.63, 3.8) is 0 Å². The van der Waals surface area contributed by atoms with Crippen molar-refractivity contribution in [2.24, 2.45) is 5.41 Å². The molecule has 0 spiro atoms. The SMILES string of the molecule is CCC(C)(CC)OC(=O)C(F)(CC)CC(C)(C)C(=O)OC(C)C(F)(F)F. The van der Waals surface area contributed by atoms with E-state index >= 15 is 4.39 Å². The number of carbonyl (C=O) groups is 2. The second-order valence-electron chi connectivity index (χ2n) is 7.52. The molecule has 0 heterocycles. The average Bonchev–Trinajstić information content (AvgIpc) is 2.52. The summed E-state index contributed by atoms with van der Waals surface area (Å²) in [6.45, 7) is 9.86. The fourth-order valence-corrected chi connectivity index (χ4v) is 2.21. The third kappa shape index (κ3) is 6.43. The van der Waals surface area contributed by atoms with Gasteiger partial charge in [-0.05, 0) is 47.0 Å². The van der Waals surface area contributed by atoms with Gasteiger partial charge in [0.1, 0.15) is 5.60 Å². The van der Waals surface area contributed by atoms with E-state index in [1.165, 1.54) is 20.8 Å². The van der Waals surface area contributed by atoms with Crippen molar-refractivity contribution in [2.75, 3.05) is 0 Å². The zero-order valence-corrected chi connectivity index (χ0v) is 16.6. The predicted octanol–water partition coefficient (Wildman–Crippen LogP) is 5.14. The summed E-state index contributed by atoms with van der Waals surface area (Å²) in [6.07, 6.45) is -7.00. The zero-order chi connectivity index (χ0) is 21.0. The van der Waals surface area contributed by atoms with Crippen LogP contribution in [0.1, 0.15) is 74.1 Å². The summed E-state index contributed by atoms with van der Waals surface area (Å²) >= 11 is 0. The van der Waals surface area contributed by atoms with Gasteiger partial charge in [-0.3, -0.25) is 4.79 Å². The molecule has 2 atom stereocenters. The second-order valence-corrected chi connectivity index (χ2v) is 7.52. The average molecular weight is 386 g/mol. The highest BCUT2D eigenvalue weighted by atomic mass is 19.4. The van der Waals surface area contributed by atoms with Crippen LogP contribution >= 0.6 is 0 Å². The number of hydrogen-bond donors (Lipinski definition) is 0. The highest BCUT2D eigenvalue weighted by molar-refractivity contribution is 5.82. The van der Waals surface area contributed by atoms with Crippen molar-refractivity contribution in [1.82, 2.24) is 0 Å². The monoisotopic (exact) mass is 386 g/mol. The summed E-state index contributed by atoms with van der Waals surface area (Å²) in [4.78, 5) is 24.5. The molecule has 0 amide bonds. The van der Waals surface area contributed by atoms with Gasteiger partial charge in [0.15, 0.2) is 6.10 Å². The minimum Gasteiger partial charge on any atom is -0.457 e. The molecule has 26 heavy (non-hydrogen) atoms. The van der Waals surface area contributed by atoms with Crippen LogP contribution in [-0.4, -0.2) is 35.5 Å². The standard InChI is InChI=1S/C18H30F4O4/c1-8-16(7,9-2)26-14(24)17(19,10-3)11-15(5,6)13(23)25-12(4)18(20,21)22/h12H,8-11H2,1-7H3. The van der Waals surface area contributed by atoms with Gasteiger partial charge in [-0.15, -0.1) is 0 Å². The molecule has 0 aromatic carbocycles. The van der Waals surface area contributed by atoms with E-state index in [4.69, 9.17) is 4.74 Å². The van der Waals surface area contributed by atoms with E-state index in [1.807, 2.05) is 0 Å². The largest absolute Gasteiger partial charge is 0.457 e. The lowest BCUT2D eigenvalue weighted by atomic mass is 9.79. The van der Waals surface area contributed by atoms with Gasteiger partial charge in [-0.25, -0.2) is 9.18 Å².